The number of pyridine rings is 1. The number of carbonyl (C=O) groups is 2. The van der Waals surface area contributed by atoms with E-state index in [0.29, 0.717) is 23.4 Å². The lowest BCUT2D eigenvalue weighted by Gasteiger charge is -2.13. The normalized spacial score (nSPS) is 14.2. The quantitative estimate of drug-likeness (QED) is 0.619. The first-order valence-electron chi connectivity index (χ1n) is 10.2. The lowest BCUT2D eigenvalue weighted by molar-refractivity contribution is 0.0953. The zero-order chi connectivity index (χ0) is 22.0. The second kappa shape index (κ2) is 8.55. The molecule has 0 bridgehead atoms. The van der Waals surface area contributed by atoms with Crippen LogP contribution in [0, 0.1) is 20.8 Å². The number of rotatable bonds is 4. The van der Waals surface area contributed by atoms with E-state index in [2.05, 4.69) is 20.8 Å². The maximum atomic E-state index is 12.8. The maximum Gasteiger partial charge on any atom is 0.292 e. The van der Waals surface area contributed by atoms with Crippen molar-refractivity contribution in [3.05, 3.63) is 81.9 Å². The maximum absolute atomic E-state index is 12.8. The molecule has 2 amide bonds. The molecule has 2 heterocycles. The van der Waals surface area contributed by atoms with Gasteiger partial charge in [0.05, 0.1) is 5.71 Å². The molecule has 31 heavy (non-hydrogen) atoms. The number of nitrogens with one attached hydrogen (secondary N) is 2. The Morgan fingerprint density at radius 2 is 1.81 bits per heavy atom. The highest BCUT2D eigenvalue weighted by Crippen LogP contribution is 2.30. The van der Waals surface area contributed by atoms with Crippen LogP contribution in [-0.4, -0.2) is 22.5 Å². The van der Waals surface area contributed by atoms with Crippen molar-refractivity contribution in [1.29, 1.82) is 0 Å². The molecule has 0 atom stereocenters. The van der Waals surface area contributed by atoms with Gasteiger partial charge in [-0.2, -0.15) is 5.10 Å². The SMILES string of the molecule is Cc1ccc(C(=O)N/N=C2\CCCc3oc(C(=O)Nc4ncccc4C)c(C)c32)cc1. The second-order valence-electron chi connectivity index (χ2n) is 7.70. The Morgan fingerprint density at radius 1 is 1.03 bits per heavy atom. The van der Waals surface area contributed by atoms with Crippen LogP contribution in [0.4, 0.5) is 5.82 Å². The number of fused-ring (bicyclic) bond motifs is 1. The number of aryl methyl sites for hydroxylation is 3. The molecule has 0 saturated heterocycles. The Balaban J connectivity index is 1.57. The van der Waals surface area contributed by atoms with E-state index in [4.69, 9.17) is 4.42 Å². The van der Waals surface area contributed by atoms with Crippen LogP contribution in [0.25, 0.3) is 0 Å². The van der Waals surface area contributed by atoms with E-state index in [1.54, 1.807) is 18.3 Å². The van der Waals surface area contributed by atoms with Gasteiger partial charge in [0.25, 0.3) is 11.8 Å². The number of amides is 2. The molecular weight excluding hydrogens is 392 g/mol. The minimum Gasteiger partial charge on any atom is -0.455 e. The van der Waals surface area contributed by atoms with Crippen LogP contribution in [0.1, 0.15) is 61.8 Å². The monoisotopic (exact) mass is 416 g/mol. The Labute approximate surface area is 180 Å². The van der Waals surface area contributed by atoms with E-state index >= 15 is 0 Å². The number of hydrogen-bond donors (Lipinski definition) is 2. The van der Waals surface area contributed by atoms with E-state index in [-0.39, 0.29) is 17.6 Å². The minimum absolute atomic E-state index is 0.245. The first-order chi connectivity index (χ1) is 14.9. The molecule has 158 valence electrons. The summed E-state index contributed by atoms with van der Waals surface area (Å²) in [7, 11) is 0. The molecule has 0 unspecified atom stereocenters. The largest absolute Gasteiger partial charge is 0.455 e. The second-order valence-corrected chi connectivity index (χ2v) is 7.70. The topological polar surface area (TPSA) is 96.6 Å². The molecule has 3 aromatic rings. The van der Waals surface area contributed by atoms with E-state index in [0.717, 1.165) is 41.0 Å². The third-order valence-corrected chi connectivity index (χ3v) is 5.38. The van der Waals surface area contributed by atoms with E-state index in [1.807, 2.05) is 45.0 Å². The van der Waals surface area contributed by atoms with Gasteiger partial charge in [0.2, 0.25) is 0 Å². The molecule has 2 aromatic heterocycles. The minimum atomic E-state index is -0.350. The van der Waals surface area contributed by atoms with Crippen molar-refractivity contribution in [2.75, 3.05) is 5.32 Å². The van der Waals surface area contributed by atoms with Gasteiger partial charge in [-0.25, -0.2) is 10.4 Å². The smallest absolute Gasteiger partial charge is 0.292 e. The molecule has 2 N–H and O–H groups in total. The van der Waals surface area contributed by atoms with Gasteiger partial charge in [-0.3, -0.25) is 9.59 Å². The third-order valence-electron chi connectivity index (χ3n) is 5.38. The van der Waals surface area contributed by atoms with Crippen LogP contribution in [0.15, 0.2) is 52.1 Å². The van der Waals surface area contributed by atoms with Gasteiger partial charge >= 0.3 is 0 Å². The summed E-state index contributed by atoms with van der Waals surface area (Å²) in [5.74, 6) is 0.839. The van der Waals surface area contributed by atoms with Crippen molar-refractivity contribution in [2.45, 2.75) is 40.0 Å². The molecule has 1 aromatic carbocycles. The van der Waals surface area contributed by atoms with Crippen molar-refractivity contribution in [3.8, 4) is 0 Å². The molecule has 1 aliphatic rings. The van der Waals surface area contributed by atoms with Gasteiger partial charge in [-0.15, -0.1) is 0 Å². The lowest BCUT2D eigenvalue weighted by atomic mass is 9.93. The van der Waals surface area contributed by atoms with Crippen molar-refractivity contribution in [2.24, 2.45) is 5.10 Å². The van der Waals surface area contributed by atoms with Gasteiger partial charge in [-0.1, -0.05) is 23.8 Å². The predicted molar refractivity (Wildman–Crippen MR) is 118 cm³/mol. The molecule has 0 saturated carbocycles. The molecule has 0 radical (unpaired) electrons. The van der Waals surface area contributed by atoms with Crippen molar-refractivity contribution in [1.82, 2.24) is 10.4 Å². The van der Waals surface area contributed by atoms with E-state index < -0.39 is 0 Å². The Hall–Kier alpha value is -3.74. The fraction of sp³-hybridized carbons (Fsp3) is 0.250. The summed E-state index contributed by atoms with van der Waals surface area (Å²) in [5, 5.41) is 7.18. The zero-order valence-corrected chi connectivity index (χ0v) is 17.8. The molecule has 7 nitrogen and oxygen atoms in total. The Kier molecular flexibility index (Phi) is 5.66. The first kappa shape index (κ1) is 20.5. The third kappa shape index (κ3) is 4.26. The molecule has 0 fully saturated rings. The summed E-state index contributed by atoms with van der Waals surface area (Å²) < 4.78 is 5.91. The van der Waals surface area contributed by atoms with Gasteiger partial charge in [0, 0.05) is 29.3 Å². The van der Waals surface area contributed by atoms with Crippen LogP contribution < -0.4 is 10.7 Å². The van der Waals surface area contributed by atoms with Crippen molar-refractivity contribution in [3.63, 3.8) is 0 Å². The average Bonchev–Trinajstić information content (AvgIpc) is 3.11. The molecule has 1 aliphatic carbocycles. The number of aromatic nitrogens is 1. The summed E-state index contributed by atoms with van der Waals surface area (Å²) in [6.07, 6.45) is 3.88. The zero-order valence-electron chi connectivity index (χ0n) is 17.8. The fourth-order valence-corrected chi connectivity index (χ4v) is 3.67. The van der Waals surface area contributed by atoms with E-state index in [9.17, 15) is 9.59 Å². The van der Waals surface area contributed by atoms with Crippen molar-refractivity contribution < 1.29 is 14.0 Å². The molecule has 0 spiro atoms. The van der Waals surface area contributed by atoms with E-state index in [1.165, 1.54) is 0 Å². The standard InChI is InChI=1S/C24H24N4O3/c1-14-9-11-17(12-10-14)23(29)28-27-18-7-4-8-19-20(18)16(3)21(31-19)24(30)26-22-15(2)6-5-13-25-22/h5-6,9-13H,4,7-8H2,1-3H3,(H,28,29)(H,25,26,30)/b27-18+. The summed E-state index contributed by atoms with van der Waals surface area (Å²) in [4.78, 5) is 29.5. The molecule has 0 aliphatic heterocycles. The number of benzene rings is 1. The number of carbonyl (C=O) groups excluding carboxylic acids is 2. The molecular formula is C24H24N4O3. The Bertz CT molecular complexity index is 1180. The number of nitrogens with zero attached hydrogens (tertiary/aromatic N) is 2. The summed E-state index contributed by atoms with van der Waals surface area (Å²) in [5.41, 5.74) is 7.37. The number of hydrazone groups is 1. The lowest BCUT2D eigenvalue weighted by Crippen LogP contribution is -2.22. The highest BCUT2D eigenvalue weighted by atomic mass is 16.4. The average molecular weight is 416 g/mol. The highest BCUT2D eigenvalue weighted by molar-refractivity contribution is 6.09. The van der Waals surface area contributed by atoms with Crippen LogP contribution in [0.2, 0.25) is 0 Å². The van der Waals surface area contributed by atoms with Crippen LogP contribution >= 0.6 is 0 Å². The highest BCUT2D eigenvalue weighted by Gasteiger charge is 2.28. The summed E-state index contributed by atoms with van der Waals surface area (Å²) in [6, 6.07) is 11.0. The van der Waals surface area contributed by atoms with Gasteiger partial charge < -0.3 is 9.73 Å². The van der Waals surface area contributed by atoms with Gasteiger partial charge in [-0.05, 0) is 57.4 Å². The van der Waals surface area contributed by atoms with Crippen LogP contribution in [-0.2, 0) is 6.42 Å². The summed E-state index contributed by atoms with van der Waals surface area (Å²) in [6.45, 7) is 5.69. The summed E-state index contributed by atoms with van der Waals surface area (Å²) >= 11 is 0. The van der Waals surface area contributed by atoms with Crippen LogP contribution in [0.5, 0.6) is 0 Å². The number of hydrogen-bond acceptors (Lipinski definition) is 5. The number of anilines is 1. The molecule has 4 rings (SSSR count). The Morgan fingerprint density at radius 3 is 2.55 bits per heavy atom. The fourth-order valence-electron chi connectivity index (χ4n) is 3.67. The van der Waals surface area contributed by atoms with Crippen molar-refractivity contribution >= 4 is 23.3 Å². The van der Waals surface area contributed by atoms with Crippen LogP contribution in [0.3, 0.4) is 0 Å². The van der Waals surface area contributed by atoms with Gasteiger partial charge in [0.15, 0.2) is 5.76 Å². The van der Waals surface area contributed by atoms with Gasteiger partial charge in [0.1, 0.15) is 11.6 Å². The number of furan rings is 1. The first-order valence-corrected chi connectivity index (χ1v) is 10.2. The molecule has 7 heteroatoms. The predicted octanol–water partition coefficient (Wildman–Crippen LogP) is 4.32.